The second-order valence-electron chi connectivity index (χ2n) is 8.27. The van der Waals surface area contributed by atoms with Crippen molar-refractivity contribution in [2.24, 2.45) is 13.0 Å². The van der Waals surface area contributed by atoms with Crippen molar-refractivity contribution in [3.05, 3.63) is 59.6 Å². The fraction of sp³-hybridized carbons (Fsp3) is 0.391. The zero-order chi connectivity index (χ0) is 22.5. The van der Waals surface area contributed by atoms with E-state index in [1.807, 2.05) is 50.2 Å². The van der Waals surface area contributed by atoms with Crippen molar-refractivity contribution in [2.75, 3.05) is 18.4 Å². The highest BCUT2D eigenvalue weighted by atomic mass is 16.2. The predicted molar refractivity (Wildman–Crippen MR) is 122 cm³/mol. The highest BCUT2D eigenvalue weighted by Crippen LogP contribution is 2.22. The molecule has 0 aromatic carbocycles. The van der Waals surface area contributed by atoms with Gasteiger partial charge in [-0.3, -0.25) is 9.48 Å². The lowest BCUT2D eigenvalue weighted by molar-refractivity contribution is -0.127. The molecule has 1 atom stereocenters. The molecule has 1 fully saturated rings. The summed E-state index contributed by atoms with van der Waals surface area (Å²) >= 11 is 0. The number of hydrogen-bond acceptors (Lipinski definition) is 7. The Bertz CT molecular complexity index is 1100. The van der Waals surface area contributed by atoms with E-state index in [-0.39, 0.29) is 5.91 Å². The lowest BCUT2D eigenvalue weighted by atomic mass is 9.93. The number of likely N-dealkylation sites (tertiary alicyclic amines) is 1. The van der Waals surface area contributed by atoms with Gasteiger partial charge in [0, 0.05) is 61.1 Å². The van der Waals surface area contributed by atoms with Crippen molar-refractivity contribution in [1.29, 1.82) is 0 Å². The van der Waals surface area contributed by atoms with Gasteiger partial charge in [0.05, 0.1) is 6.20 Å². The molecule has 1 saturated heterocycles. The molecule has 4 rings (SSSR count). The minimum Gasteiger partial charge on any atom is -0.339 e. The number of anilines is 2. The molecule has 1 aliphatic rings. The molecule has 0 saturated carbocycles. The number of hydrogen-bond donors (Lipinski definition) is 1. The summed E-state index contributed by atoms with van der Waals surface area (Å²) in [7, 11) is 1.86. The molecule has 3 aromatic rings. The van der Waals surface area contributed by atoms with Crippen molar-refractivity contribution in [3.63, 3.8) is 0 Å². The van der Waals surface area contributed by atoms with E-state index in [0.29, 0.717) is 17.7 Å². The number of carbonyl (C=O) groups excluding carboxylic acids is 1. The van der Waals surface area contributed by atoms with Crippen LogP contribution >= 0.6 is 0 Å². The molecule has 0 aliphatic carbocycles. The number of nitrogens with one attached hydrogen (secondary N) is 1. The zero-order valence-corrected chi connectivity index (χ0v) is 18.7. The number of amides is 1. The van der Waals surface area contributed by atoms with Crippen molar-refractivity contribution in [2.45, 2.75) is 33.1 Å². The average molecular weight is 433 g/mol. The third kappa shape index (κ3) is 5.75. The first-order valence-electron chi connectivity index (χ1n) is 10.8. The van der Waals surface area contributed by atoms with Crippen molar-refractivity contribution in [1.82, 2.24) is 34.6 Å². The number of carbonyl (C=O) groups is 1. The van der Waals surface area contributed by atoms with Crippen LogP contribution in [0.4, 0.5) is 11.8 Å². The van der Waals surface area contributed by atoms with Crippen LogP contribution in [0.25, 0.3) is 6.08 Å². The molecule has 9 heteroatoms. The number of rotatable bonds is 6. The van der Waals surface area contributed by atoms with E-state index in [2.05, 4.69) is 30.4 Å². The lowest BCUT2D eigenvalue weighted by Crippen LogP contribution is -2.39. The van der Waals surface area contributed by atoms with E-state index in [4.69, 9.17) is 0 Å². The quantitative estimate of drug-likeness (QED) is 0.598. The van der Waals surface area contributed by atoms with Gasteiger partial charge in [-0.2, -0.15) is 5.10 Å². The Kier molecular flexibility index (Phi) is 6.53. The van der Waals surface area contributed by atoms with Crippen LogP contribution in [0.5, 0.6) is 0 Å². The molecule has 4 heterocycles. The summed E-state index contributed by atoms with van der Waals surface area (Å²) in [6.07, 6.45) is 11.5. The summed E-state index contributed by atoms with van der Waals surface area (Å²) in [5.41, 5.74) is 3.66. The van der Waals surface area contributed by atoms with Gasteiger partial charge in [-0.1, -0.05) is 0 Å². The second-order valence-corrected chi connectivity index (χ2v) is 8.27. The van der Waals surface area contributed by atoms with E-state index in [1.54, 1.807) is 23.3 Å². The minimum absolute atomic E-state index is 0.0376. The Labute approximate surface area is 187 Å². The molecule has 0 radical (unpaired) electrons. The van der Waals surface area contributed by atoms with Crippen molar-refractivity contribution < 1.29 is 4.79 Å². The number of nitrogens with zero attached hydrogens (tertiary/aromatic N) is 7. The van der Waals surface area contributed by atoms with Gasteiger partial charge in [0.25, 0.3) is 0 Å². The van der Waals surface area contributed by atoms with E-state index in [1.165, 1.54) is 0 Å². The highest BCUT2D eigenvalue weighted by Gasteiger charge is 2.23. The molecule has 32 heavy (non-hydrogen) atoms. The molecule has 9 nitrogen and oxygen atoms in total. The van der Waals surface area contributed by atoms with E-state index in [9.17, 15) is 4.79 Å². The molecule has 1 N–H and O–H groups in total. The van der Waals surface area contributed by atoms with Crippen molar-refractivity contribution >= 4 is 23.7 Å². The Balaban J connectivity index is 1.37. The van der Waals surface area contributed by atoms with Gasteiger partial charge in [-0.05, 0) is 51.2 Å². The van der Waals surface area contributed by atoms with E-state index < -0.39 is 0 Å². The van der Waals surface area contributed by atoms with Gasteiger partial charge in [-0.25, -0.2) is 19.9 Å². The molecule has 1 unspecified atom stereocenters. The second kappa shape index (κ2) is 9.67. The van der Waals surface area contributed by atoms with Crippen LogP contribution < -0.4 is 5.32 Å². The zero-order valence-electron chi connectivity index (χ0n) is 18.7. The lowest BCUT2D eigenvalue weighted by Gasteiger charge is -2.32. The first-order valence-corrected chi connectivity index (χ1v) is 10.8. The summed E-state index contributed by atoms with van der Waals surface area (Å²) in [6, 6.07) is 3.86. The Morgan fingerprint density at radius 1 is 1.22 bits per heavy atom. The predicted octanol–water partition coefficient (Wildman–Crippen LogP) is 2.86. The first-order chi connectivity index (χ1) is 15.4. The maximum absolute atomic E-state index is 12.7. The largest absolute Gasteiger partial charge is 0.339 e. The minimum atomic E-state index is 0.0376. The maximum atomic E-state index is 12.7. The highest BCUT2D eigenvalue weighted by molar-refractivity contribution is 5.91. The van der Waals surface area contributed by atoms with Crippen LogP contribution in [-0.4, -0.2) is 53.6 Å². The van der Waals surface area contributed by atoms with Crippen LogP contribution in [0.3, 0.4) is 0 Å². The summed E-state index contributed by atoms with van der Waals surface area (Å²) in [6.45, 7) is 5.39. The van der Waals surface area contributed by atoms with E-state index >= 15 is 0 Å². The SMILES string of the molecule is Cc1cc(C)nc(Nc2cc(CC3CCCN(C(=O)/C=C/c4cnn(C)c4)C3)ncn2)n1. The maximum Gasteiger partial charge on any atom is 0.246 e. The van der Waals surface area contributed by atoms with E-state index in [0.717, 1.165) is 55.0 Å². The average Bonchev–Trinajstić information content (AvgIpc) is 3.17. The van der Waals surface area contributed by atoms with Crippen LogP contribution in [0.15, 0.2) is 36.9 Å². The molecular weight excluding hydrogens is 404 g/mol. The molecule has 166 valence electrons. The van der Waals surface area contributed by atoms with Gasteiger partial charge in [0.1, 0.15) is 12.1 Å². The third-order valence-corrected chi connectivity index (χ3v) is 5.42. The molecule has 0 spiro atoms. The standard InChI is InChI=1S/C23H28N8O/c1-16-9-17(2)28-23(27-16)29-21-11-20(24-15-25-21)10-18-5-4-8-31(14-18)22(32)7-6-19-12-26-30(3)13-19/h6-7,9,11-13,15,18H,4-5,8,10,14H2,1-3H3,(H,24,25,27,28,29)/b7-6+. The number of aryl methyl sites for hydroxylation is 3. The van der Waals surface area contributed by atoms with Gasteiger partial charge >= 0.3 is 0 Å². The van der Waals surface area contributed by atoms with Crippen LogP contribution in [0, 0.1) is 19.8 Å². The smallest absolute Gasteiger partial charge is 0.246 e. The summed E-state index contributed by atoms with van der Waals surface area (Å²) < 4.78 is 1.72. The Morgan fingerprint density at radius 2 is 2.03 bits per heavy atom. The molecule has 1 aliphatic heterocycles. The van der Waals surface area contributed by atoms with Gasteiger partial charge < -0.3 is 10.2 Å². The fourth-order valence-corrected chi connectivity index (χ4v) is 4.00. The normalized spacial score (nSPS) is 16.5. The van der Waals surface area contributed by atoms with Gasteiger partial charge in [-0.15, -0.1) is 0 Å². The number of piperidine rings is 1. The summed E-state index contributed by atoms with van der Waals surface area (Å²) in [5, 5.41) is 7.29. The van der Waals surface area contributed by atoms with Crippen LogP contribution in [0.1, 0.15) is 35.5 Å². The molecule has 0 bridgehead atoms. The monoisotopic (exact) mass is 432 g/mol. The summed E-state index contributed by atoms with van der Waals surface area (Å²) in [5.74, 6) is 1.60. The molecule has 1 amide bonds. The fourth-order valence-electron chi connectivity index (χ4n) is 4.00. The third-order valence-electron chi connectivity index (χ3n) is 5.42. The molecule has 3 aromatic heterocycles. The Morgan fingerprint density at radius 3 is 2.78 bits per heavy atom. The summed E-state index contributed by atoms with van der Waals surface area (Å²) in [4.78, 5) is 32.1. The van der Waals surface area contributed by atoms with Gasteiger partial charge in [0.15, 0.2) is 0 Å². The van der Waals surface area contributed by atoms with Crippen molar-refractivity contribution in [3.8, 4) is 0 Å². The van der Waals surface area contributed by atoms with Gasteiger partial charge in [0.2, 0.25) is 11.9 Å². The first kappa shape index (κ1) is 21.6. The van der Waals surface area contributed by atoms with Crippen LogP contribution in [-0.2, 0) is 18.3 Å². The number of aromatic nitrogens is 6. The van der Waals surface area contributed by atoms with Crippen LogP contribution in [0.2, 0.25) is 0 Å². The topological polar surface area (TPSA) is 102 Å². The Hall–Kier alpha value is -3.62. The molecular formula is C23H28N8O.